The van der Waals surface area contributed by atoms with E-state index >= 15 is 0 Å². The molecule has 0 spiro atoms. The standard InChI is InChI=1S/C22H25N3O2S/c1-15-5-8-19(13-16(15)2)25-12-11-23-22(25)28-17(3)21(26)24-14-18-6-9-20(27-4)10-7-18/h5-13,17H,14H2,1-4H3,(H,24,26). The lowest BCUT2D eigenvalue weighted by molar-refractivity contribution is -0.120. The number of nitrogens with one attached hydrogen (secondary N) is 1. The SMILES string of the molecule is COc1ccc(CNC(=O)C(C)Sc2nccn2-c2ccc(C)c(C)c2)cc1. The smallest absolute Gasteiger partial charge is 0.233 e. The summed E-state index contributed by atoms with van der Waals surface area (Å²) < 4.78 is 7.17. The molecular formula is C22H25N3O2S. The Balaban J connectivity index is 1.62. The van der Waals surface area contributed by atoms with E-state index in [2.05, 4.69) is 42.3 Å². The highest BCUT2D eigenvalue weighted by atomic mass is 32.2. The van der Waals surface area contributed by atoms with Crippen LogP contribution in [0.25, 0.3) is 5.69 Å². The minimum Gasteiger partial charge on any atom is -0.497 e. The molecule has 0 aliphatic heterocycles. The summed E-state index contributed by atoms with van der Waals surface area (Å²) in [6.07, 6.45) is 3.69. The first kappa shape index (κ1) is 20.0. The maximum Gasteiger partial charge on any atom is 0.233 e. The molecule has 1 aromatic heterocycles. The Morgan fingerprint density at radius 1 is 1.18 bits per heavy atom. The number of amides is 1. The van der Waals surface area contributed by atoms with E-state index in [1.165, 1.54) is 22.9 Å². The van der Waals surface area contributed by atoms with Crippen LogP contribution in [-0.4, -0.2) is 27.8 Å². The number of imidazole rings is 1. The number of thioether (sulfide) groups is 1. The molecule has 2 aromatic carbocycles. The number of carbonyl (C=O) groups excluding carboxylic acids is 1. The van der Waals surface area contributed by atoms with Crippen molar-refractivity contribution in [1.82, 2.24) is 14.9 Å². The number of hydrogen-bond donors (Lipinski definition) is 1. The number of benzene rings is 2. The summed E-state index contributed by atoms with van der Waals surface area (Å²) in [6, 6.07) is 14.0. The number of carbonyl (C=O) groups is 1. The molecular weight excluding hydrogens is 370 g/mol. The average molecular weight is 396 g/mol. The van der Waals surface area contributed by atoms with Gasteiger partial charge in [0.25, 0.3) is 0 Å². The molecule has 1 atom stereocenters. The van der Waals surface area contributed by atoms with Crippen molar-refractivity contribution in [3.63, 3.8) is 0 Å². The van der Waals surface area contributed by atoms with E-state index in [0.717, 1.165) is 22.2 Å². The Hall–Kier alpha value is -2.73. The van der Waals surface area contributed by atoms with E-state index in [1.54, 1.807) is 13.3 Å². The molecule has 0 radical (unpaired) electrons. The Labute approximate surface area is 170 Å². The van der Waals surface area contributed by atoms with Crippen molar-refractivity contribution in [3.8, 4) is 11.4 Å². The van der Waals surface area contributed by atoms with Crippen molar-refractivity contribution in [2.45, 2.75) is 37.7 Å². The van der Waals surface area contributed by atoms with E-state index in [1.807, 2.05) is 42.0 Å². The Morgan fingerprint density at radius 3 is 2.61 bits per heavy atom. The van der Waals surface area contributed by atoms with Crippen LogP contribution in [0.15, 0.2) is 60.0 Å². The Kier molecular flexibility index (Phi) is 6.41. The minimum absolute atomic E-state index is 0.0181. The summed E-state index contributed by atoms with van der Waals surface area (Å²) in [5.74, 6) is 0.785. The van der Waals surface area contributed by atoms with Crippen LogP contribution < -0.4 is 10.1 Å². The van der Waals surface area contributed by atoms with E-state index in [0.29, 0.717) is 6.54 Å². The topological polar surface area (TPSA) is 56.1 Å². The number of ether oxygens (including phenoxy) is 1. The molecule has 0 bridgehead atoms. The van der Waals surface area contributed by atoms with E-state index in [9.17, 15) is 4.79 Å². The molecule has 0 saturated heterocycles. The van der Waals surface area contributed by atoms with Crippen LogP contribution in [0.5, 0.6) is 5.75 Å². The zero-order valence-corrected chi connectivity index (χ0v) is 17.4. The second kappa shape index (κ2) is 8.97. The summed E-state index contributed by atoms with van der Waals surface area (Å²) in [5, 5.41) is 3.53. The van der Waals surface area contributed by atoms with Gasteiger partial charge in [-0.05, 0) is 61.7 Å². The summed E-state index contributed by atoms with van der Waals surface area (Å²) in [4.78, 5) is 17.0. The largest absolute Gasteiger partial charge is 0.497 e. The predicted octanol–water partition coefficient (Wildman–Crippen LogP) is 4.29. The van der Waals surface area contributed by atoms with Crippen molar-refractivity contribution in [2.75, 3.05) is 7.11 Å². The minimum atomic E-state index is -0.258. The lowest BCUT2D eigenvalue weighted by Gasteiger charge is -2.14. The molecule has 1 unspecified atom stereocenters. The zero-order chi connectivity index (χ0) is 20.1. The summed E-state index contributed by atoms with van der Waals surface area (Å²) >= 11 is 1.45. The third-order valence-corrected chi connectivity index (χ3v) is 5.73. The maximum atomic E-state index is 12.5. The molecule has 1 amide bonds. The highest BCUT2D eigenvalue weighted by Gasteiger charge is 2.17. The van der Waals surface area contributed by atoms with Gasteiger partial charge in [-0.2, -0.15) is 0 Å². The van der Waals surface area contributed by atoms with Crippen molar-refractivity contribution >= 4 is 17.7 Å². The van der Waals surface area contributed by atoms with Crippen LogP contribution in [0.2, 0.25) is 0 Å². The fourth-order valence-corrected chi connectivity index (χ4v) is 3.64. The van der Waals surface area contributed by atoms with Gasteiger partial charge < -0.3 is 10.1 Å². The maximum absolute atomic E-state index is 12.5. The molecule has 1 N–H and O–H groups in total. The van der Waals surface area contributed by atoms with Crippen LogP contribution in [0.1, 0.15) is 23.6 Å². The molecule has 28 heavy (non-hydrogen) atoms. The van der Waals surface area contributed by atoms with Gasteiger partial charge in [0.2, 0.25) is 5.91 Å². The van der Waals surface area contributed by atoms with Gasteiger partial charge in [-0.15, -0.1) is 0 Å². The molecule has 146 valence electrons. The molecule has 0 aliphatic rings. The van der Waals surface area contributed by atoms with Gasteiger partial charge in [-0.25, -0.2) is 4.98 Å². The van der Waals surface area contributed by atoms with Gasteiger partial charge in [0, 0.05) is 24.6 Å². The molecule has 6 heteroatoms. The van der Waals surface area contributed by atoms with Crippen LogP contribution in [0, 0.1) is 13.8 Å². The number of nitrogens with zero attached hydrogens (tertiary/aromatic N) is 2. The quantitative estimate of drug-likeness (QED) is 0.606. The lowest BCUT2D eigenvalue weighted by Crippen LogP contribution is -2.30. The fourth-order valence-electron chi connectivity index (χ4n) is 2.74. The van der Waals surface area contributed by atoms with E-state index < -0.39 is 0 Å². The van der Waals surface area contributed by atoms with Gasteiger partial charge in [0.1, 0.15) is 5.75 Å². The summed E-state index contributed by atoms with van der Waals surface area (Å²) in [7, 11) is 1.64. The second-order valence-corrected chi connectivity index (χ2v) is 7.98. The lowest BCUT2D eigenvalue weighted by atomic mass is 10.1. The summed E-state index contributed by atoms with van der Waals surface area (Å²) in [6.45, 7) is 6.57. The molecule has 0 fully saturated rings. The third kappa shape index (κ3) is 4.75. The van der Waals surface area contributed by atoms with Crippen LogP contribution in [-0.2, 0) is 11.3 Å². The molecule has 3 aromatic rings. The van der Waals surface area contributed by atoms with Crippen LogP contribution >= 0.6 is 11.8 Å². The number of aryl methyl sites for hydroxylation is 2. The first-order chi connectivity index (χ1) is 13.5. The highest BCUT2D eigenvalue weighted by molar-refractivity contribution is 8.00. The van der Waals surface area contributed by atoms with Gasteiger partial charge in [-0.1, -0.05) is 30.0 Å². The second-order valence-electron chi connectivity index (χ2n) is 6.67. The number of aromatic nitrogens is 2. The van der Waals surface area contributed by atoms with Crippen molar-refractivity contribution in [2.24, 2.45) is 0 Å². The predicted molar refractivity (Wildman–Crippen MR) is 113 cm³/mol. The highest BCUT2D eigenvalue weighted by Crippen LogP contribution is 2.25. The molecule has 0 saturated carbocycles. The van der Waals surface area contributed by atoms with Gasteiger partial charge >= 0.3 is 0 Å². The number of rotatable bonds is 7. The number of methoxy groups -OCH3 is 1. The molecule has 3 rings (SSSR count). The van der Waals surface area contributed by atoms with E-state index in [-0.39, 0.29) is 11.2 Å². The molecule has 1 heterocycles. The Morgan fingerprint density at radius 2 is 1.93 bits per heavy atom. The Bertz CT molecular complexity index is 951. The van der Waals surface area contributed by atoms with Gasteiger partial charge in [-0.3, -0.25) is 9.36 Å². The molecule has 0 aliphatic carbocycles. The molecule has 5 nitrogen and oxygen atoms in total. The first-order valence-corrected chi connectivity index (χ1v) is 10.0. The van der Waals surface area contributed by atoms with Crippen molar-refractivity contribution in [3.05, 3.63) is 71.5 Å². The van der Waals surface area contributed by atoms with Crippen molar-refractivity contribution < 1.29 is 9.53 Å². The van der Waals surface area contributed by atoms with Gasteiger partial charge in [0.05, 0.1) is 12.4 Å². The fraction of sp³-hybridized carbons (Fsp3) is 0.273. The normalized spacial score (nSPS) is 11.9. The van der Waals surface area contributed by atoms with Crippen LogP contribution in [0.3, 0.4) is 0 Å². The van der Waals surface area contributed by atoms with Crippen LogP contribution in [0.4, 0.5) is 0 Å². The van der Waals surface area contributed by atoms with E-state index in [4.69, 9.17) is 4.74 Å². The summed E-state index contributed by atoms with van der Waals surface area (Å²) in [5.41, 5.74) is 4.56. The average Bonchev–Trinajstić information content (AvgIpc) is 3.16. The van der Waals surface area contributed by atoms with Gasteiger partial charge in [0.15, 0.2) is 5.16 Å². The van der Waals surface area contributed by atoms with Crippen molar-refractivity contribution in [1.29, 1.82) is 0 Å². The monoisotopic (exact) mass is 395 g/mol. The number of hydrogen-bond acceptors (Lipinski definition) is 4. The zero-order valence-electron chi connectivity index (χ0n) is 16.6. The first-order valence-electron chi connectivity index (χ1n) is 9.16. The third-order valence-electron chi connectivity index (χ3n) is 4.65.